The van der Waals surface area contributed by atoms with Gasteiger partial charge in [0.2, 0.25) is 0 Å². The molecule has 5 nitrogen and oxygen atoms in total. The van der Waals surface area contributed by atoms with Gasteiger partial charge in [0.1, 0.15) is 18.2 Å². The normalized spacial score (nSPS) is 14.8. The third kappa shape index (κ3) is 2.89. The number of carbonyl (C=O) groups excluding carboxylic acids is 1. The molecular weight excluding hydrogens is 239 g/mol. The van der Waals surface area contributed by atoms with Crippen molar-refractivity contribution in [3.8, 4) is 5.75 Å². The second kappa shape index (κ2) is 5.68. The summed E-state index contributed by atoms with van der Waals surface area (Å²) >= 11 is 0. The molecule has 0 spiro atoms. The molecule has 0 atom stereocenters. The molecule has 0 bridgehead atoms. The van der Waals surface area contributed by atoms with E-state index in [-0.39, 0.29) is 12.6 Å². The molecule has 1 fully saturated rings. The number of nitrogens with one attached hydrogen (secondary N) is 1. The second-order valence-corrected chi connectivity index (χ2v) is 3.98. The minimum atomic E-state index is -0.412. The van der Waals surface area contributed by atoms with Gasteiger partial charge in [0.25, 0.3) is 0 Å². The first kappa shape index (κ1) is 12.6. The van der Waals surface area contributed by atoms with Gasteiger partial charge in [-0.1, -0.05) is 0 Å². The van der Waals surface area contributed by atoms with Crippen LogP contribution in [0.4, 0.5) is 9.18 Å². The van der Waals surface area contributed by atoms with Crippen LogP contribution in [0.15, 0.2) is 18.2 Å². The van der Waals surface area contributed by atoms with Gasteiger partial charge in [-0.15, -0.1) is 0 Å². The Kier molecular flexibility index (Phi) is 3.99. The van der Waals surface area contributed by atoms with Gasteiger partial charge in [0.15, 0.2) is 0 Å². The van der Waals surface area contributed by atoms with Crippen molar-refractivity contribution in [1.29, 1.82) is 0 Å². The van der Waals surface area contributed by atoms with Crippen LogP contribution in [0.2, 0.25) is 0 Å². The number of halogens is 1. The summed E-state index contributed by atoms with van der Waals surface area (Å²) in [6, 6.07) is 3.89. The summed E-state index contributed by atoms with van der Waals surface area (Å²) < 4.78 is 18.4. The largest absolute Gasteiger partial charge is 0.491 e. The third-order valence-corrected chi connectivity index (χ3v) is 2.76. The third-order valence-electron chi connectivity index (χ3n) is 2.76. The Morgan fingerprint density at radius 1 is 1.50 bits per heavy atom. The van der Waals surface area contributed by atoms with Crippen molar-refractivity contribution in [3.05, 3.63) is 29.6 Å². The Morgan fingerprint density at radius 2 is 2.33 bits per heavy atom. The van der Waals surface area contributed by atoms with Crippen molar-refractivity contribution >= 4 is 6.03 Å². The molecular formula is C12H15FN2O3. The summed E-state index contributed by atoms with van der Waals surface area (Å²) in [7, 11) is 0. The van der Waals surface area contributed by atoms with Crippen LogP contribution in [0.25, 0.3) is 0 Å². The van der Waals surface area contributed by atoms with Crippen LogP contribution in [0.3, 0.4) is 0 Å². The van der Waals surface area contributed by atoms with E-state index in [0.29, 0.717) is 37.6 Å². The number of hydrogen-bond acceptors (Lipinski definition) is 3. The molecule has 1 aliphatic rings. The first-order chi connectivity index (χ1) is 8.70. The summed E-state index contributed by atoms with van der Waals surface area (Å²) in [5, 5.41) is 11.8. The van der Waals surface area contributed by atoms with Crippen molar-refractivity contribution in [2.45, 2.75) is 6.61 Å². The Bertz CT molecular complexity index is 439. The van der Waals surface area contributed by atoms with Crippen molar-refractivity contribution in [2.75, 3.05) is 26.2 Å². The van der Waals surface area contributed by atoms with E-state index >= 15 is 0 Å². The van der Waals surface area contributed by atoms with Crippen molar-refractivity contribution < 1.29 is 19.0 Å². The van der Waals surface area contributed by atoms with Crippen molar-refractivity contribution in [1.82, 2.24) is 10.2 Å². The van der Waals surface area contributed by atoms with Crippen LogP contribution in [-0.4, -0.2) is 42.3 Å². The van der Waals surface area contributed by atoms with Crippen LogP contribution >= 0.6 is 0 Å². The Balaban J connectivity index is 1.88. The molecule has 1 aliphatic heterocycles. The monoisotopic (exact) mass is 254 g/mol. The number of ether oxygens (including phenoxy) is 1. The number of aliphatic hydroxyl groups excluding tert-OH is 1. The van der Waals surface area contributed by atoms with E-state index in [1.54, 1.807) is 4.90 Å². The lowest BCUT2D eigenvalue weighted by Crippen LogP contribution is -2.31. The first-order valence-electron chi connectivity index (χ1n) is 5.75. The molecule has 1 heterocycles. The van der Waals surface area contributed by atoms with Crippen LogP contribution in [0, 0.1) is 5.82 Å². The minimum Gasteiger partial charge on any atom is -0.491 e. The smallest absolute Gasteiger partial charge is 0.317 e. The average Bonchev–Trinajstić information content (AvgIpc) is 2.77. The topological polar surface area (TPSA) is 61.8 Å². The molecule has 2 N–H and O–H groups in total. The van der Waals surface area contributed by atoms with E-state index in [4.69, 9.17) is 9.84 Å². The summed E-state index contributed by atoms with van der Waals surface area (Å²) in [5.41, 5.74) is 0.404. The highest BCUT2D eigenvalue weighted by molar-refractivity contribution is 5.76. The zero-order valence-electron chi connectivity index (χ0n) is 9.86. The van der Waals surface area contributed by atoms with E-state index in [1.807, 2.05) is 0 Å². The van der Waals surface area contributed by atoms with Crippen molar-refractivity contribution in [3.63, 3.8) is 0 Å². The molecule has 18 heavy (non-hydrogen) atoms. The molecule has 0 saturated carbocycles. The van der Waals surface area contributed by atoms with Gasteiger partial charge in [-0.3, -0.25) is 0 Å². The summed E-state index contributed by atoms with van der Waals surface area (Å²) in [6.45, 7) is 1.81. The number of hydrogen-bond donors (Lipinski definition) is 2. The Morgan fingerprint density at radius 3 is 3.00 bits per heavy atom. The highest BCUT2D eigenvalue weighted by Gasteiger charge is 2.18. The fourth-order valence-corrected chi connectivity index (χ4v) is 1.80. The molecule has 98 valence electrons. The predicted octanol–water partition coefficient (Wildman–Crippen LogP) is 0.722. The van der Waals surface area contributed by atoms with Gasteiger partial charge >= 0.3 is 6.03 Å². The molecule has 1 saturated heterocycles. The van der Waals surface area contributed by atoms with Crippen LogP contribution in [0.1, 0.15) is 5.56 Å². The molecule has 2 amide bonds. The minimum absolute atomic E-state index is 0.0971. The highest BCUT2D eigenvalue weighted by Crippen LogP contribution is 2.19. The number of carbonyl (C=O) groups is 1. The molecule has 1 aromatic carbocycles. The maximum absolute atomic E-state index is 12.9. The molecule has 1 aromatic rings. The molecule has 0 aliphatic carbocycles. The van der Waals surface area contributed by atoms with E-state index in [1.165, 1.54) is 18.2 Å². The molecule has 6 heteroatoms. The zero-order chi connectivity index (χ0) is 13.0. The molecule has 0 unspecified atom stereocenters. The maximum atomic E-state index is 12.9. The fourth-order valence-electron chi connectivity index (χ4n) is 1.80. The van der Waals surface area contributed by atoms with Gasteiger partial charge in [-0.25, -0.2) is 9.18 Å². The van der Waals surface area contributed by atoms with Crippen molar-refractivity contribution in [2.24, 2.45) is 0 Å². The summed E-state index contributed by atoms with van der Waals surface area (Å²) in [5.74, 6) is 0.0313. The summed E-state index contributed by atoms with van der Waals surface area (Å²) in [4.78, 5) is 12.9. The maximum Gasteiger partial charge on any atom is 0.317 e. The first-order valence-corrected chi connectivity index (χ1v) is 5.75. The summed E-state index contributed by atoms with van der Waals surface area (Å²) in [6.07, 6.45) is 0. The van der Waals surface area contributed by atoms with Gasteiger partial charge in [-0.05, 0) is 18.2 Å². The lowest BCUT2D eigenvalue weighted by molar-refractivity contribution is 0.200. The number of aliphatic hydroxyl groups is 1. The lowest BCUT2D eigenvalue weighted by Gasteiger charge is -2.15. The highest BCUT2D eigenvalue weighted by atomic mass is 19.1. The van der Waals surface area contributed by atoms with Gasteiger partial charge in [0.05, 0.1) is 13.2 Å². The van der Waals surface area contributed by atoms with Crippen LogP contribution < -0.4 is 10.1 Å². The quantitative estimate of drug-likeness (QED) is 0.814. The molecule has 2 rings (SSSR count). The number of rotatable bonds is 5. The van der Waals surface area contributed by atoms with Gasteiger partial charge < -0.3 is 20.1 Å². The zero-order valence-corrected chi connectivity index (χ0v) is 9.86. The lowest BCUT2D eigenvalue weighted by atomic mass is 10.2. The van der Waals surface area contributed by atoms with E-state index in [2.05, 4.69) is 5.32 Å². The number of benzene rings is 1. The Hall–Kier alpha value is -1.82. The fraction of sp³-hybridized carbons (Fsp3) is 0.417. The SMILES string of the molecule is O=C1NCCN1CCOc1ccc(F)cc1CO. The van der Waals surface area contributed by atoms with Gasteiger partial charge in [-0.2, -0.15) is 0 Å². The number of amides is 2. The standard InChI is InChI=1S/C12H15FN2O3/c13-10-1-2-11(9(7-10)8-16)18-6-5-15-4-3-14-12(15)17/h1-2,7,16H,3-6,8H2,(H,14,17). The predicted molar refractivity (Wildman–Crippen MR) is 62.8 cm³/mol. The van der Waals surface area contributed by atoms with E-state index in [9.17, 15) is 9.18 Å². The average molecular weight is 254 g/mol. The molecule has 0 aromatic heterocycles. The van der Waals surface area contributed by atoms with Crippen LogP contribution in [0.5, 0.6) is 5.75 Å². The number of nitrogens with zero attached hydrogens (tertiary/aromatic N) is 1. The van der Waals surface area contributed by atoms with E-state index < -0.39 is 5.82 Å². The van der Waals surface area contributed by atoms with Crippen LogP contribution in [-0.2, 0) is 6.61 Å². The second-order valence-electron chi connectivity index (χ2n) is 3.98. The van der Waals surface area contributed by atoms with E-state index in [0.717, 1.165) is 0 Å². The molecule has 0 radical (unpaired) electrons. The Labute approximate surface area is 104 Å². The van der Waals surface area contributed by atoms with Gasteiger partial charge in [0, 0.05) is 18.7 Å². The number of urea groups is 1.